The van der Waals surface area contributed by atoms with Gasteiger partial charge in [0.25, 0.3) is 0 Å². The van der Waals surface area contributed by atoms with Crippen LogP contribution in [-0.2, 0) is 0 Å². The molecule has 0 saturated carbocycles. The average molecular weight is 219 g/mol. The molecule has 16 heavy (non-hydrogen) atoms. The Morgan fingerprint density at radius 3 is 2.88 bits per heavy atom. The summed E-state index contributed by atoms with van der Waals surface area (Å²) in [4.78, 5) is 0. The second-order valence-corrected chi connectivity index (χ2v) is 3.94. The van der Waals surface area contributed by atoms with E-state index in [1.807, 2.05) is 13.0 Å². The van der Waals surface area contributed by atoms with Crippen LogP contribution in [-0.4, -0.2) is 6.54 Å². The van der Waals surface area contributed by atoms with Crippen LogP contribution >= 0.6 is 0 Å². The molecule has 88 valence electrons. The van der Waals surface area contributed by atoms with Crippen LogP contribution in [0.5, 0.6) is 0 Å². The Morgan fingerprint density at radius 2 is 2.31 bits per heavy atom. The molecule has 2 nitrogen and oxygen atoms in total. The van der Waals surface area contributed by atoms with Crippen LogP contribution in [0.3, 0.4) is 0 Å². The van der Waals surface area contributed by atoms with E-state index in [4.69, 9.17) is 4.42 Å². The zero-order valence-corrected chi connectivity index (χ0v) is 10.5. The van der Waals surface area contributed by atoms with Gasteiger partial charge in [0.05, 0.1) is 12.3 Å². The SMILES string of the molecule is CC#CCCC(NCCC)c1occc1C. The first kappa shape index (κ1) is 12.9. The molecule has 0 aliphatic rings. The van der Waals surface area contributed by atoms with Crippen LogP contribution in [0.15, 0.2) is 16.7 Å². The lowest BCUT2D eigenvalue weighted by molar-refractivity contribution is 0.396. The van der Waals surface area contributed by atoms with Gasteiger partial charge in [-0.25, -0.2) is 0 Å². The van der Waals surface area contributed by atoms with Crippen molar-refractivity contribution in [2.45, 2.75) is 46.1 Å². The first-order valence-corrected chi connectivity index (χ1v) is 5.96. The van der Waals surface area contributed by atoms with Crippen LogP contribution in [0.1, 0.15) is 50.5 Å². The van der Waals surface area contributed by atoms with Gasteiger partial charge in [0.2, 0.25) is 0 Å². The summed E-state index contributed by atoms with van der Waals surface area (Å²) in [5.41, 5.74) is 1.22. The molecule has 1 heterocycles. The summed E-state index contributed by atoms with van der Waals surface area (Å²) in [7, 11) is 0. The first-order valence-electron chi connectivity index (χ1n) is 5.96. The highest BCUT2D eigenvalue weighted by Crippen LogP contribution is 2.22. The minimum absolute atomic E-state index is 0.302. The fourth-order valence-corrected chi connectivity index (χ4v) is 1.73. The quantitative estimate of drug-likeness (QED) is 0.741. The molecule has 0 saturated heterocycles. The van der Waals surface area contributed by atoms with E-state index in [0.29, 0.717) is 6.04 Å². The van der Waals surface area contributed by atoms with Crippen molar-refractivity contribution in [1.82, 2.24) is 5.32 Å². The fraction of sp³-hybridized carbons (Fsp3) is 0.571. The Kier molecular flexibility index (Phi) is 5.74. The standard InChI is InChI=1S/C14H21NO/c1-4-6-7-8-13(15-10-5-2)14-12(3)9-11-16-14/h9,11,13,15H,5,7-8,10H2,1-3H3. The van der Waals surface area contributed by atoms with Crippen molar-refractivity contribution in [2.75, 3.05) is 6.54 Å². The molecule has 0 aromatic carbocycles. The summed E-state index contributed by atoms with van der Waals surface area (Å²) in [6.45, 7) is 7.16. The summed E-state index contributed by atoms with van der Waals surface area (Å²) < 4.78 is 5.54. The highest BCUT2D eigenvalue weighted by Gasteiger charge is 2.15. The normalized spacial score (nSPS) is 11.9. The average Bonchev–Trinajstić information content (AvgIpc) is 2.70. The van der Waals surface area contributed by atoms with E-state index in [2.05, 4.69) is 31.0 Å². The molecule has 0 amide bonds. The van der Waals surface area contributed by atoms with E-state index in [1.54, 1.807) is 6.26 Å². The van der Waals surface area contributed by atoms with Crippen molar-refractivity contribution >= 4 is 0 Å². The summed E-state index contributed by atoms with van der Waals surface area (Å²) in [6, 6.07) is 2.32. The van der Waals surface area contributed by atoms with Gasteiger partial charge >= 0.3 is 0 Å². The third kappa shape index (κ3) is 3.75. The Hall–Kier alpha value is -1.20. The molecule has 1 aromatic heterocycles. The minimum Gasteiger partial charge on any atom is -0.467 e. The van der Waals surface area contributed by atoms with Gasteiger partial charge < -0.3 is 9.73 Å². The number of hydrogen-bond donors (Lipinski definition) is 1. The molecule has 1 aromatic rings. The summed E-state index contributed by atoms with van der Waals surface area (Å²) in [5, 5.41) is 3.51. The van der Waals surface area contributed by atoms with Crippen molar-refractivity contribution in [1.29, 1.82) is 0 Å². The Labute approximate surface area is 98.4 Å². The number of rotatable bonds is 6. The van der Waals surface area contributed by atoms with Gasteiger partial charge in [0, 0.05) is 6.42 Å². The highest BCUT2D eigenvalue weighted by molar-refractivity contribution is 5.18. The minimum atomic E-state index is 0.302. The van der Waals surface area contributed by atoms with Gasteiger partial charge in [-0.3, -0.25) is 0 Å². The molecule has 0 spiro atoms. The second kappa shape index (κ2) is 7.14. The maximum atomic E-state index is 5.54. The molecule has 0 aliphatic carbocycles. The van der Waals surface area contributed by atoms with Gasteiger partial charge in [-0.1, -0.05) is 6.92 Å². The predicted octanol–water partition coefficient (Wildman–Crippen LogP) is 3.43. The van der Waals surface area contributed by atoms with Crippen LogP contribution in [0.4, 0.5) is 0 Å². The maximum absolute atomic E-state index is 5.54. The van der Waals surface area contributed by atoms with Gasteiger partial charge in [-0.05, 0) is 44.9 Å². The molecule has 1 rings (SSSR count). The second-order valence-electron chi connectivity index (χ2n) is 3.94. The fourth-order valence-electron chi connectivity index (χ4n) is 1.73. The van der Waals surface area contributed by atoms with Crippen LogP contribution < -0.4 is 5.32 Å². The monoisotopic (exact) mass is 219 g/mol. The number of nitrogens with one attached hydrogen (secondary N) is 1. The van der Waals surface area contributed by atoms with E-state index in [9.17, 15) is 0 Å². The molecule has 1 unspecified atom stereocenters. The Bertz CT molecular complexity index is 356. The van der Waals surface area contributed by atoms with Crippen LogP contribution in [0.2, 0.25) is 0 Å². The maximum Gasteiger partial charge on any atom is 0.123 e. The predicted molar refractivity (Wildman–Crippen MR) is 67.2 cm³/mol. The number of hydrogen-bond acceptors (Lipinski definition) is 2. The number of aryl methyl sites for hydroxylation is 1. The summed E-state index contributed by atoms with van der Waals surface area (Å²) in [5.74, 6) is 7.10. The lowest BCUT2D eigenvalue weighted by Crippen LogP contribution is -2.22. The van der Waals surface area contributed by atoms with Gasteiger partial charge in [0.1, 0.15) is 5.76 Å². The molecule has 0 aliphatic heterocycles. The number of furan rings is 1. The van der Waals surface area contributed by atoms with E-state index >= 15 is 0 Å². The Morgan fingerprint density at radius 1 is 1.50 bits per heavy atom. The van der Waals surface area contributed by atoms with Gasteiger partial charge in [-0.2, -0.15) is 0 Å². The highest BCUT2D eigenvalue weighted by atomic mass is 16.3. The van der Waals surface area contributed by atoms with Crippen molar-refractivity contribution in [3.63, 3.8) is 0 Å². The molecule has 1 atom stereocenters. The smallest absolute Gasteiger partial charge is 0.123 e. The zero-order chi connectivity index (χ0) is 11.8. The Balaban J connectivity index is 2.62. The van der Waals surface area contributed by atoms with Gasteiger partial charge in [-0.15, -0.1) is 11.8 Å². The zero-order valence-electron chi connectivity index (χ0n) is 10.5. The lowest BCUT2D eigenvalue weighted by atomic mass is 10.1. The summed E-state index contributed by atoms with van der Waals surface area (Å²) >= 11 is 0. The van der Waals surface area contributed by atoms with Crippen molar-refractivity contribution in [3.05, 3.63) is 23.7 Å². The van der Waals surface area contributed by atoms with E-state index in [0.717, 1.165) is 31.6 Å². The van der Waals surface area contributed by atoms with Crippen molar-refractivity contribution in [2.24, 2.45) is 0 Å². The largest absolute Gasteiger partial charge is 0.467 e. The van der Waals surface area contributed by atoms with E-state index < -0.39 is 0 Å². The molecular formula is C14H21NO. The molecule has 0 bridgehead atoms. The lowest BCUT2D eigenvalue weighted by Gasteiger charge is -2.15. The molecule has 0 fully saturated rings. The molecular weight excluding hydrogens is 198 g/mol. The van der Waals surface area contributed by atoms with Crippen molar-refractivity contribution < 1.29 is 4.42 Å². The topological polar surface area (TPSA) is 25.2 Å². The van der Waals surface area contributed by atoms with Crippen LogP contribution in [0, 0.1) is 18.8 Å². The van der Waals surface area contributed by atoms with Crippen molar-refractivity contribution in [3.8, 4) is 11.8 Å². The third-order valence-electron chi connectivity index (χ3n) is 2.59. The van der Waals surface area contributed by atoms with E-state index in [1.165, 1.54) is 5.56 Å². The van der Waals surface area contributed by atoms with Crippen LogP contribution in [0.25, 0.3) is 0 Å². The molecule has 1 N–H and O–H groups in total. The molecule has 0 radical (unpaired) electrons. The van der Waals surface area contributed by atoms with Gasteiger partial charge in [0.15, 0.2) is 0 Å². The van der Waals surface area contributed by atoms with E-state index in [-0.39, 0.29) is 0 Å². The molecule has 2 heteroatoms. The third-order valence-corrected chi connectivity index (χ3v) is 2.59. The summed E-state index contributed by atoms with van der Waals surface area (Å²) in [6.07, 6.45) is 4.82. The first-order chi connectivity index (χ1) is 7.79.